The Morgan fingerprint density at radius 3 is 2.78 bits per heavy atom. The van der Waals surface area contributed by atoms with E-state index in [1.807, 2.05) is 44.3 Å². The van der Waals surface area contributed by atoms with Crippen molar-refractivity contribution in [2.75, 3.05) is 20.2 Å². The number of methoxy groups -OCH3 is 1. The Morgan fingerprint density at radius 2 is 2.09 bits per heavy atom. The van der Waals surface area contributed by atoms with Crippen LogP contribution in [-0.4, -0.2) is 40.0 Å². The topological polar surface area (TPSA) is 50.5 Å². The molecule has 1 aliphatic heterocycles. The number of nitrogens with zero attached hydrogens (tertiary/aromatic N) is 3. The molecule has 124 valence electrons. The van der Waals surface area contributed by atoms with Gasteiger partial charge in [0.15, 0.2) is 0 Å². The second kappa shape index (κ2) is 6.72. The number of hydrogen-bond acceptors (Lipinski definition) is 4. The van der Waals surface area contributed by atoms with Crippen molar-refractivity contribution in [1.29, 1.82) is 0 Å². The minimum Gasteiger partial charge on any atom is -0.481 e. The molecular weight excluding hydrogens is 290 g/mol. The van der Waals surface area contributed by atoms with Crippen molar-refractivity contribution < 1.29 is 9.84 Å². The number of aryl methyl sites for hydroxylation is 2. The van der Waals surface area contributed by atoms with Gasteiger partial charge in [0.1, 0.15) is 0 Å². The van der Waals surface area contributed by atoms with Gasteiger partial charge < -0.3 is 9.84 Å². The first-order valence-corrected chi connectivity index (χ1v) is 8.16. The van der Waals surface area contributed by atoms with Crippen molar-refractivity contribution >= 4 is 0 Å². The summed E-state index contributed by atoms with van der Waals surface area (Å²) in [7, 11) is 3.60. The van der Waals surface area contributed by atoms with Gasteiger partial charge >= 0.3 is 0 Å². The summed E-state index contributed by atoms with van der Waals surface area (Å²) in [6, 6.07) is 10.1. The molecule has 1 fully saturated rings. The number of ether oxygens (including phenoxy) is 1. The molecule has 1 aromatic carbocycles. The molecule has 1 saturated heterocycles. The molecule has 0 aliphatic carbocycles. The van der Waals surface area contributed by atoms with Crippen molar-refractivity contribution in [3.63, 3.8) is 0 Å². The molecule has 5 nitrogen and oxygen atoms in total. The maximum Gasteiger partial charge on any atom is 0.216 e. The van der Waals surface area contributed by atoms with Crippen molar-refractivity contribution in [3.05, 3.63) is 47.2 Å². The Morgan fingerprint density at radius 1 is 1.35 bits per heavy atom. The number of aromatic nitrogens is 2. The zero-order valence-corrected chi connectivity index (χ0v) is 14.1. The number of likely N-dealkylation sites (tertiary alicyclic amines) is 1. The average Bonchev–Trinajstić information content (AvgIpc) is 3.11. The van der Waals surface area contributed by atoms with E-state index in [1.54, 1.807) is 11.8 Å². The Balaban J connectivity index is 1.81. The second-order valence-corrected chi connectivity index (χ2v) is 6.21. The molecule has 0 amide bonds. The number of aliphatic hydroxyl groups is 1. The molecule has 1 aliphatic rings. The second-order valence-electron chi connectivity index (χ2n) is 6.21. The quantitative estimate of drug-likeness (QED) is 0.921. The van der Waals surface area contributed by atoms with Gasteiger partial charge in [0.25, 0.3) is 0 Å². The third kappa shape index (κ3) is 3.12. The largest absolute Gasteiger partial charge is 0.481 e. The molecule has 2 heterocycles. The minimum atomic E-state index is -0.472. The lowest BCUT2D eigenvalue weighted by Crippen LogP contribution is -2.28. The van der Waals surface area contributed by atoms with Crippen LogP contribution >= 0.6 is 0 Å². The highest BCUT2D eigenvalue weighted by Crippen LogP contribution is 2.39. The lowest BCUT2D eigenvalue weighted by atomic mass is 10.0. The van der Waals surface area contributed by atoms with Crippen LogP contribution in [0, 0.1) is 6.92 Å². The fourth-order valence-electron chi connectivity index (χ4n) is 3.65. The van der Waals surface area contributed by atoms with E-state index in [2.05, 4.69) is 10.00 Å². The molecule has 3 rings (SSSR count). The summed E-state index contributed by atoms with van der Waals surface area (Å²) in [6.07, 6.45) is 1.73. The molecule has 2 unspecified atom stereocenters. The molecule has 0 saturated carbocycles. The van der Waals surface area contributed by atoms with E-state index in [0.29, 0.717) is 6.54 Å². The van der Waals surface area contributed by atoms with Gasteiger partial charge in [-0.2, -0.15) is 5.10 Å². The van der Waals surface area contributed by atoms with Gasteiger partial charge in [0.05, 0.1) is 24.5 Å². The lowest BCUT2D eigenvalue weighted by molar-refractivity contribution is 0.105. The standard InChI is InChI=1S/C18H25N3O2/c1-13-17(18(23-3)20(2)19-13)15-10-7-11-21(15)12-16(22)14-8-5-4-6-9-14/h4-6,8-9,15-16,22H,7,10-12H2,1-3H3. The molecule has 1 aromatic heterocycles. The van der Waals surface area contributed by atoms with E-state index in [4.69, 9.17) is 4.74 Å². The van der Waals surface area contributed by atoms with E-state index in [1.165, 1.54) is 0 Å². The molecule has 0 bridgehead atoms. The summed E-state index contributed by atoms with van der Waals surface area (Å²) in [4.78, 5) is 2.35. The van der Waals surface area contributed by atoms with Gasteiger partial charge in [0.2, 0.25) is 5.88 Å². The van der Waals surface area contributed by atoms with E-state index < -0.39 is 6.10 Å². The Bertz CT molecular complexity index is 654. The number of aliphatic hydroxyl groups excluding tert-OH is 1. The van der Waals surface area contributed by atoms with Gasteiger partial charge in [-0.25, -0.2) is 4.68 Å². The third-order valence-corrected chi connectivity index (χ3v) is 4.70. The first kappa shape index (κ1) is 16.0. The van der Waals surface area contributed by atoms with Crippen molar-refractivity contribution in [2.24, 2.45) is 7.05 Å². The normalized spacial score (nSPS) is 19.9. The highest BCUT2D eigenvalue weighted by atomic mass is 16.5. The zero-order chi connectivity index (χ0) is 16.4. The van der Waals surface area contributed by atoms with Crippen LogP contribution in [-0.2, 0) is 7.05 Å². The van der Waals surface area contributed by atoms with Gasteiger partial charge in [-0.1, -0.05) is 30.3 Å². The molecule has 2 aromatic rings. The molecular formula is C18H25N3O2. The Hall–Kier alpha value is -1.85. The van der Waals surface area contributed by atoms with Crippen LogP contribution in [0.3, 0.4) is 0 Å². The molecule has 5 heteroatoms. The van der Waals surface area contributed by atoms with Crippen LogP contribution in [0.4, 0.5) is 0 Å². The number of rotatable bonds is 5. The summed E-state index contributed by atoms with van der Waals surface area (Å²) in [6.45, 7) is 3.65. The van der Waals surface area contributed by atoms with Crippen LogP contribution < -0.4 is 4.74 Å². The van der Waals surface area contributed by atoms with Crippen LogP contribution in [0.5, 0.6) is 5.88 Å². The van der Waals surface area contributed by atoms with Gasteiger partial charge in [0, 0.05) is 19.6 Å². The van der Waals surface area contributed by atoms with E-state index in [0.717, 1.165) is 42.1 Å². The minimum absolute atomic E-state index is 0.261. The maximum absolute atomic E-state index is 10.6. The lowest BCUT2D eigenvalue weighted by Gasteiger charge is -2.27. The smallest absolute Gasteiger partial charge is 0.216 e. The average molecular weight is 315 g/mol. The summed E-state index contributed by atoms with van der Waals surface area (Å²) in [5, 5.41) is 15.1. The number of hydrogen-bond donors (Lipinski definition) is 1. The maximum atomic E-state index is 10.6. The van der Waals surface area contributed by atoms with Crippen LogP contribution in [0.2, 0.25) is 0 Å². The molecule has 0 spiro atoms. The fourth-order valence-corrected chi connectivity index (χ4v) is 3.65. The predicted octanol–water partition coefficient (Wildman–Crippen LogP) is 2.61. The molecule has 1 N–H and O–H groups in total. The monoisotopic (exact) mass is 315 g/mol. The van der Waals surface area contributed by atoms with Crippen molar-refractivity contribution in [3.8, 4) is 5.88 Å². The zero-order valence-electron chi connectivity index (χ0n) is 14.1. The first-order chi connectivity index (χ1) is 11.1. The summed E-state index contributed by atoms with van der Waals surface area (Å²) in [5.74, 6) is 0.827. The van der Waals surface area contributed by atoms with Gasteiger partial charge in [-0.15, -0.1) is 0 Å². The van der Waals surface area contributed by atoms with E-state index >= 15 is 0 Å². The first-order valence-electron chi connectivity index (χ1n) is 8.16. The third-order valence-electron chi connectivity index (χ3n) is 4.70. The summed E-state index contributed by atoms with van der Waals surface area (Å²) >= 11 is 0. The Kier molecular flexibility index (Phi) is 4.68. The highest BCUT2D eigenvalue weighted by Gasteiger charge is 2.33. The van der Waals surface area contributed by atoms with Crippen molar-refractivity contribution in [2.45, 2.75) is 31.9 Å². The van der Waals surface area contributed by atoms with Gasteiger partial charge in [-0.05, 0) is 31.9 Å². The van der Waals surface area contributed by atoms with E-state index in [-0.39, 0.29) is 6.04 Å². The summed E-state index contributed by atoms with van der Waals surface area (Å²) in [5.41, 5.74) is 3.14. The fraction of sp³-hybridized carbons (Fsp3) is 0.500. The van der Waals surface area contributed by atoms with Gasteiger partial charge in [-0.3, -0.25) is 4.90 Å². The predicted molar refractivity (Wildman–Crippen MR) is 89.4 cm³/mol. The summed E-state index contributed by atoms with van der Waals surface area (Å²) < 4.78 is 7.36. The highest BCUT2D eigenvalue weighted by molar-refractivity contribution is 5.35. The number of benzene rings is 1. The molecule has 23 heavy (non-hydrogen) atoms. The number of β-amino-alcohol motifs (C(OH)–C–C–N with tert-alkyl or cyclic N) is 1. The molecule has 0 radical (unpaired) electrons. The SMILES string of the molecule is COc1c(C2CCCN2CC(O)c2ccccc2)c(C)nn1C. The van der Waals surface area contributed by atoms with Crippen LogP contribution in [0.25, 0.3) is 0 Å². The van der Waals surface area contributed by atoms with E-state index in [9.17, 15) is 5.11 Å². The van der Waals surface area contributed by atoms with Crippen LogP contribution in [0.15, 0.2) is 30.3 Å². The van der Waals surface area contributed by atoms with Crippen LogP contribution in [0.1, 0.15) is 41.8 Å². The Labute approximate surface area is 137 Å². The van der Waals surface area contributed by atoms with Crippen molar-refractivity contribution in [1.82, 2.24) is 14.7 Å². The molecule has 2 atom stereocenters.